The molecule has 0 spiro atoms. The summed E-state index contributed by atoms with van der Waals surface area (Å²) in [5.41, 5.74) is 8.16. The largest absolute Gasteiger partial charge is 0.396 e. The number of nitrogens with zero attached hydrogens (tertiary/aromatic N) is 2. The lowest BCUT2D eigenvalue weighted by Gasteiger charge is -2.04. The highest BCUT2D eigenvalue weighted by Crippen LogP contribution is 2.11. The molecule has 0 amide bonds. The van der Waals surface area contributed by atoms with E-state index in [0.717, 1.165) is 23.6 Å². The SMILES string of the molecule is CCc1nc(C)c(N)c(C)n1. The molecule has 11 heavy (non-hydrogen) atoms. The Kier molecular flexibility index (Phi) is 2.08. The van der Waals surface area contributed by atoms with Crippen LogP contribution in [0.4, 0.5) is 5.69 Å². The molecule has 0 fully saturated rings. The summed E-state index contributed by atoms with van der Waals surface area (Å²) in [6, 6.07) is 0. The Morgan fingerprint density at radius 2 is 1.64 bits per heavy atom. The van der Waals surface area contributed by atoms with Crippen LogP contribution in [0.25, 0.3) is 0 Å². The smallest absolute Gasteiger partial charge is 0.128 e. The van der Waals surface area contributed by atoms with Crippen LogP contribution in [0.3, 0.4) is 0 Å². The molecule has 0 aliphatic carbocycles. The normalized spacial score (nSPS) is 10.1. The van der Waals surface area contributed by atoms with Crippen LogP contribution < -0.4 is 5.73 Å². The van der Waals surface area contributed by atoms with Crippen molar-refractivity contribution < 1.29 is 0 Å². The summed E-state index contributed by atoms with van der Waals surface area (Å²) < 4.78 is 0. The number of hydrogen-bond donors (Lipinski definition) is 1. The summed E-state index contributed by atoms with van der Waals surface area (Å²) >= 11 is 0. The van der Waals surface area contributed by atoms with Gasteiger partial charge in [-0.3, -0.25) is 0 Å². The van der Waals surface area contributed by atoms with Gasteiger partial charge in [0, 0.05) is 6.42 Å². The number of hydrogen-bond acceptors (Lipinski definition) is 3. The maximum Gasteiger partial charge on any atom is 0.128 e. The third-order valence-electron chi connectivity index (χ3n) is 1.69. The van der Waals surface area contributed by atoms with Crippen LogP contribution in [0.1, 0.15) is 24.1 Å². The Hall–Kier alpha value is -1.12. The summed E-state index contributed by atoms with van der Waals surface area (Å²) in [7, 11) is 0. The van der Waals surface area contributed by atoms with Gasteiger partial charge in [-0.05, 0) is 13.8 Å². The first-order valence-corrected chi connectivity index (χ1v) is 3.74. The average molecular weight is 151 g/mol. The van der Waals surface area contributed by atoms with Crippen molar-refractivity contribution in [3.63, 3.8) is 0 Å². The van der Waals surface area contributed by atoms with Crippen LogP contribution in [0.5, 0.6) is 0 Å². The van der Waals surface area contributed by atoms with Crippen molar-refractivity contribution in [2.24, 2.45) is 0 Å². The van der Waals surface area contributed by atoms with Gasteiger partial charge >= 0.3 is 0 Å². The Labute approximate surface area is 66.7 Å². The fourth-order valence-electron chi connectivity index (χ4n) is 0.953. The molecule has 3 nitrogen and oxygen atoms in total. The minimum atomic E-state index is 0.710. The molecule has 0 radical (unpaired) electrons. The minimum absolute atomic E-state index is 0.710. The van der Waals surface area contributed by atoms with Gasteiger partial charge in [0.1, 0.15) is 5.82 Å². The van der Waals surface area contributed by atoms with Crippen molar-refractivity contribution >= 4 is 5.69 Å². The average Bonchev–Trinajstić information content (AvgIpc) is 1.99. The summed E-state index contributed by atoms with van der Waals surface area (Å²) in [6.45, 7) is 5.84. The van der Waals surface area contributed by atoms with E-state index in [4.69, 9.17) is 5.73 Å². The number of nitrogen functional groups attached to an aromatic ring is 1. The Bertz CT molecular complexity index is 245. The third-order valence-corrected chi connectivity index (χ3v) is 1.69. The maximum atomic E-state index is 5.68. The van der Waals surface area contributed by atoms with Crippen LogP contribution >= 0.6 is 0 Å². The Balaban J connectivity index is 3.21. The van der Waals surface area contributed by atoms with E-state index in [9.17, 15) is 0 Å². The van der Waals surface area contributed by atoms with Crippen LogP contribution in [0.15, 0.2) is 0 Å². The number of anilines is 1. The Morgan fingerprint density at radius 3 is 2.00 bits per heavy atom. The van der Waals surface area contributed by atoms with Gasteiger partial charge in [0.25, 0.3) is 0 Å². The van der Waals surface area contributed by atoms with E-state index in [2.05, 4.69) is 9.97 Å². The second kappa shape index (κ2) is 2.86. The molecule has 0 saturated heterocycles. The van der Waals surface area contributed by atoms with Crippen molar-refractivity contribution in [3.8, 4) is 0 Å². The topological polar surface area (TPSA) is 51.8 Å². The number of aromatic nitrogens is 2. The second-order valence-corrected chi connectivity index (χ2v) is 2.58. The zero-order valence-electron chi connectivity index (χ0n) is 7.18. The fraction of sp³-hybridized carbons (Fsp3) is 0.500. The summed E-state index contributed by atoms with van der Waals surface area (Å²) in [5, 5.41) is 0. The predicted octanol–water partition coefficient (Wildman–Crippen LogP) is 1.24. The first kappa shape index (κ1) is 7.98. The summed E-state index contributed by atoms with van der Waals surface area (Å²) in [4.78, 5) is 8.43. The highest BCUT2D eigenvalue weighted by molar-refractivity contribution is 5.45. The standard InChI is InChI=1S/C8H13N3/c1-4-7-10-5(2)8(9)6(3)11-7/h4,9H2,1-3H3. The molecule has 0 unspecified atom stereocenters. The minimum Gasteiger partial charge on any atom is -0.396 e. The lowest BCUT2D eigenvalue weighted by molar-refractivity contribution is 0.901. The van der Waals surface area contributed by atoms with E-state index in [1.165, 1.54) is 0 Å². The highest BCUT2D eigenvalue weighted by Gasteiger charge is 2.02. The van der Waals surface area contributed by atoms with E-state index in [-0.39, 0.29) is 0 Å². The first-order chi connectivity index (χ1) is 5.15. The molecule has 1 aromatic heterocycles. The molecule has 0 aromatic carbocycles. The van der Waals surface area contributed by atoms with Gasteiger partial charge < -0.3 is 5.73 Å². The fourth-order valence-corrected chi connectivity index (χ4v) is 0.953. The monoisotopic (exact) mass is 151 g/mol. The van der Waals surface area contributed by atoms with E-state index >= 15 is 0 Å². The number of nitrogens with two attached hydrogens (primary N) is 1. The summed E-state index contributed by atoms with van der Waals surface area (Å²) in [6.07, 6.45) is 0.863. The van der Waals surface area contributed by atoms with Gasteiger partial charge in [0.05, 0.1) is 17.1 Å². The molecule has 60 valence electrons. The maximum absolute atomic E-state index is 5.68. The van der Waals surface area contributed by atoms with Gasteiger partial charge in [-0.15, -0.1) is 0 Å². The second-order valence-electron chi connectivity index (χ2n) is 2.58. The van der Waals surface area contributed by atoms with E-state index in [1.807, 2.05) is 20.8 Å². The van der Waals surface area contributed by atoms with Crippen molar-refractivity contribution in [2.45, 2.75) is 27.2 Å². The number of aryl methyl sites for hydroxylation is 3. The van der Waals surface area contributed by atoms with E-state index in [0.29, 0.717) is 5.69 Å². The molecule has 1 aromatic rings. The van der Waals surface area contributed by atoms with Gasteiger partial charge in [0.2, 0.25) is 0 Å². The van der Waals surface area contributed by atoms with Gasteiger partial charge in [-0.25, -0.2) is 9.97 Å². The molecule has 0 aliphatic rings. The van der Waals surface area contributed by atoms with E-state index in [1.54, 1.807) is 0 Å². The van der Waals surface area contributed by atoms with Crippen molar-refractivity contribution in [3.05, 3.63) is 17.2 Å². The van der Waals surface area contributed by atoms with Crippen molar-refractivity contribution in [2.75, 3.05) is 5.73 Å². The quantitative estimate of drug-likeness (QED) is 0.657. The van der Waals surface area contributed by atoms with Crippen LogP contribution in [-0.2, 0) is 6.42 Å². The molecule has 3 heteroatoms. The first-order valence-electron chi connectivity index (χ1n) is 3.74. The van der Waals surface area contributed by atoms with Crippen LogP contribution in [-0.4, -0.2) is 9.97 Å². The molecule has 0 bridgehead atoms. The molecular formula is C8H13N3. The van der Waals surface area contributed by atoms with E-state index < -0.39 is 0 Å². The summed E-state index contributed by atoms with van der Waals surface area (Å²) in [5.74, 6) is 0.870. The molecule has 2 N–H and O–H groups in total. The lowest BCUT2D eigenvalue weighted by Crippen LogP contribution is -2.03. The lowest BCUT2D eigenvalue weighted by atomic mass is 10.3. The van der Waals surface area contributed by atoms with Gasteiger partial charge in [0.15, 0.2) is 0 Å². The molecule has 1 heterocycles. The molecule has 1 rings (SSSR count). The van der Waals surface area contributed by atoms with Crippen LogP contribution in [0, 0.1) is 13.8 Å². The predicted molar refractivity (Wildman–Crippen MR) is 45.3 cm³/mol. The van der Waals surface area contributed by atoms with Crippen molar-refractivity contribution in [1.82, 2.24) is 9.97 Å². The molecule has 0 atom stereocenters. The molecule has 0 saturated carbocycles. The molecular weight excluding hydrogens is 138 g/mol. The third kappa shape index (κ3) is 1.48. The van der Waals surface area contributed by atoms with Gasteiger partial charge in [-0.2, -0.15) is 0 Å². The van der Waals surface area contributed by atoms with Gasteiger partial charge in [-0.1, -0.05) is 6.92 Å². The van der Waals surface area contributed by atoms with Crippen LogP contribution in [0.2, 0.25) is 0 Å². The zero-order chi connectivity index (χ0) is 8.43. The van der Waals surface area contributed by atoms with Crippen molar-refractivity contribution in [1.29, 1.82) is 0 Å². The zero-order valence-corrected chi connectivity index (χ0v) is 7.18. The highest BCUT2D eigenvalue weighted by atomic mass is 14.9. The molecule has 0 aliphatic heterocycles. The number of rotatable bonds is 1. The Morgan fingerprint density at radius 1 is 1.18 bits per heavy atom.